The first-order chi connectivity index (χ1) is 18.6. The van der Waals surface area contributed by atoms with Crippen molar-refractivity contribution >= 4 is 44.2 Å². The molecule has 0 spiro atoms. The molecule has 1 N–H and O–H groups in total. The lowest BCUT2D eigenvalue weighted by Crippen LogP contribution is -2.13. The first-order valence-corrected chi connectivity index (χ1v) is 12.8. The van der Waals surface area contributed by atoms with E-state index in [-0.39, 0.29) is 5.91 Å². The number of amides is 1. The highest BCUT2D eigenvalue weighted by molar-refractivity contribution is 7.22. The van der Waals surface area contributed by atoms with Crippen LogP contribution in [0.4, 0.5) is 5.13 Å². The van der Waals surface area contributed by atoms with Gasteiger partial charge >= 0.3 is 0 Å². The van der Waals surface area contributed by atoms with E-state index in [1.165, 1.54) is 11.3 Å². The number of thiazole rings is 1. The van der Waals surface area contributed by atoms with E-state index in [9.17, 15) is 4.79 Å². The minimum absolute atomic E-state index is 0.273. The monoisotopic (exact) mass is 522 g/mol. The van der Waals surface area contributed by atoms with Crippen LogP contribution in [0.1, 0.15) is 11.1 Å². The number of nitrogens with one attached hydrogen (secondary N) is 1. The third-order valence-electron chi connectivity index (χ3n) is 6.06. The Balaban J connectivity index is 1.56. The van der Waals surface area contributed by atoms with Gasteiger partial charge in [-0.05, 0) is 52.6 Å². The summed E-state index contributed by atoms with van der Waals surface area (Å²) in [5.41, 5.74) is 4.97. The smallest absolute Gasteiger partial charge is 0.258 e. The molecule has 0 fully saturated rings. The topological polar surface area (TPSA) is 69.7 Å². The SMILES string of the molecule is COc1cc(/C=C(/C(=O)Nc2nc3ccccc3s2)c2ccc(-c3ccccc3)cc2)cc(OC)c1OC. The lowest BCUT2D eigenvalue weighted by atomic mass is 9.98. The standard InChI is InChI=1S/C31H26N2O4S/c1-35-26-18-20(19-27(36-2)29(26)37-3)17-24(23-15-13-22(14-16-23)21-9-5-4-6-10-21)30(34)33-31-32-25-11-7-8-12-28(25)38-31/h4-19H,1-3H3,(H,32,33,34)/b24-17+. The number of benzene rings is 4. The van der Waals surface area contributed by atoms with E-state index in [0.29, 0.717) is 28.0 Å². The molecule has 0 saturated heterocycles. The van der Waals surface area contributed by atoms with Crippen molar-refractivity contribution in [3.05, 3.63) is 102 Å². The third-order valence-corrected chi connectivity index (χ3v) is 7.01. The Bertz CT molecular complexity index is 1550. The van der Waals surface area contributed by atoms with Gasteiger partial charge in [-0.2, -0.15) is 0 Å². The number of fused-ring (bicyclic) bond motifs is 1. The van der Waals surface area contributed by atoms with Gasteiger partial charge in [0.05, 0.1) is 31.5 Å². The second-order valence-electron chi connectivity index (χ2n) is 8.40. The normalized spacial score (nSPS) is 11.3. The van der Waals surface area contributed by atoms with E-state index in [1.54, 1.807) is 21.3 Å². The Morgan fingerprint density at radius 2 is 1.42 bits per heavy atom. The van der Waals surface area contributed by atoms with E-state index >= 15 is 0 Å². The van der Waals surface area contributed by atoms with Gasteiger partial charge in [0.2, 0.25) is 5.75 Å². The number of para-hydroxylation sites is 1. The number of aromatic nitrogens is 1. The molecule has 1 aromatic heterocycles. The quantitative estimate of drug-likeness (QED) is 0.173. The molecule has 190 valence electrons. The van der Waals surface area contributed by atoms with Gasteiger partial charge < -0.3 is 14.2 Å². The number of hydrogen-bond acceptors (Lipinski definition) is 6. The number of rotatable bonds is 8. The highest BCUT2D eigenvalue weighted by Crippen LogP contribution is 2.39. The van der Waals surface area contributed by atoms with Crippen molar-refractivity contribution in [3.63, 3.8) is 0 Å². The van der Waals surface area contributed by atoms with Crippen LogP contribution in [-0.4, -0.2) is 32.2 Å². The van der Waals surface area contributed by atoms with Crippen LogP contribution in [0.15, 0.2) is 91.0 Å². The van der Waals surface area contributed by atoms with Crippen molar-refractivity contribution in [2.24, 2.45) is 0 Å². The zero-order valence-corrected chi connectivity index (χ0v) is 22.0. The zero-order chi connectivity index (χ0) is 26.5. The number of nitrogens with zero attached hydrogens (tertiary/aromatic N) is 1. The summed E-state index contributed by atoms with van der Waals surface area (Å²) in [6, 6.07) is 29.4. The molecule has 0 saturated carbocycles. The van der Waals surface area contributed by atoms with Gasteiger partial charge in [0.15, 0.2) is 16.6 Å². The van der Waals surface area contributed by atoms with Gasteiger partial charge in [0.25, 0.3) is 5.91 Å². The summed E-state index contributed by atoms with van der Waals surface area (Å²) >= 11 is 1.43. The zero-order valence-electron chi connectivity index (χ0n) is 21.2. The molecule has 6 nitrogen and oxygen atoms in total. The van der Waals surface area contributed by atoms with E-state index in [0.717, 1.165) is 32.5 Å². The molecule has 5 rings (SSSR count). The van der Waals surface area contributed by atoms with Crippen LogP contribution in [-0.2, 0) is 4.79 Å². The number of ether oxygens (including phenoxy) is 3. The van der Waals surface area contributed by atoms with Crippen molar-refractivity contribution in [3.8, 4) is 28.4 Å². The van der Waals surface area contributed by atoms with E-state index in [2.05, 4.69) is 22.4 Å². The fourth-order valence-electron chi connectivity index (χ4n) is 4.19. The Kier molecular flexibility index (Phi) is 7.38. The molecule has 0 aliphatic carbocycles. The van der Waals surface area contributed by atoms with Crippen molar-refractivity contribution in [2.45, 2.75) is 0 Å². The maximum absolute atomic E-state index is 13.7. The molecule has 0 atom stereocenters. The molecular weight excluding hydrogens is 496 g/mol. The lowest BCUT2D eigenvalue weighted by molar-refractivity contribution is -0.111. The Morgan fingerprint density at radius 3 is 2.05 bits per heavy atom. The van der Waals surface area contributed by atoms with E-state index in [1.807, 2.05) is 84.9 Å². The van der Waals surface area contributed by atoms with Crippen LogP contribution in [0, 0.1) is 0 Å². The molecule has 5 aromatic rings. The summed E-state index contributed by atoms with van der Waals surface area (Å²) in [5.74, 6) is 1.22. The van der Waals surface area contributed by atoms with Crippen molar-refractivity contribution in [1.82, 2.24) is 4.98 Å². The van der Waals surface area contributed by atoms with Crippen molar-refractivity contribution in [2.75, 3.05) is 26.6 Å². The number of anilines is 1. The van der Waals surface area contributed by atoms with Crippen LogP contribution in [0.5, 0.6) is 17.2 Å². The van der Waals surface area contributed by atoms with E-state index < -0.39 is 0 Å². The van der Waals surface area contributed by atoms with Crippen LogP contribution >= 0.6 is 11.3 Å². The number of carbonyl (C=O) groups excluding carboxylic acids is 1. The van der Waals surface area contributed by atoms with Gasteiger partial charge in [0.1, 0.15) is 0 Å². The largest absolute Gasteiger partial charge is 0.493 e. The average molecular weight is 523 g/mol. The minimum atomic E-state index is -0.273. The van der Waals surface area contributed by atoms with E-state index in [4.69, 9.17) is 14.2 Å². The predicted molar refractivity (Wildman–Crippen MR) is 154 cm³/mol. The lowest BCUT2D eigenvalue weighted by Gasteiger charge is -2.14. The van der Waals surface area contributed by atoms with Crippen molar-refractivity contribution in [1.29, 1.82) is 0 Å². The van der Waals surface area contributed by atoms with Gasteiger partial charge in [-0.15, -0.1) is 0 Å². The maximum Gasteiger partial charge on any atom is 0.258 e. The molecule has 7 heteroatoms. The van der Waals surface area contributed by atoms with Crippen LogP contribution in [0.3, 0.4) is 0 Å². The summed E-state index contributed by atoms with van der Waals surface area (Å²) in [6.07, 6.45) is 1.81. The van der Waals surface area contributed by atoms with Crippen LogP contribution in [0.2, 0.25) is 0 Å². The second kappa shape index (κ2) is 11.2. The van der Waals surface area contributed by atoms with Gasteiger partial charge in [-0.25, -0.2) is 4.98 Å². The second-order valence-corrected chi connectivity index (χ2v) is 9.43. The predicted octanol–water partition coefficient (Wildman–Crippen LogP) is 7.17. The average Bonchev–Trinajstić information content (AvgIpc) is 3.38. The first kappa shape index (κ1) is 25.0. The molecular formula is C31H26N2O4S. The first-order valence-electron chi connectivity index (χ1n) is 11.9. The fourth-order valence-corrected chi connectivity index (χ4v) is 5.06. The molecule has 1 amide bonds. The Morgan fingerprint density at radius 1 is 0.789 bits per heavy atom. The summed E-state index contributed by atoms with van der Waals surface area (Å²) < 4.78 is 17.5. The fraction of sp³-hybridized carbons (Fsp3) is 0.0968. The van der Waals surface area contributed by atoms with Crippen LogP contribution in [0.25, 0.3) is 33.0 Å². The summed E-state index contributed by atoms with van der Waals surface area (Å²) in [6.45, 7) is 0. The highest BCUT2D eigenvalue weighted by Gasteiger charge is 2.18. The molecule has 0 bridgehead atoms. The van der Waals surface area contributed by atoms with Crippen molar-refractivity contribution < 1.29 is 19.0 Å². The van der Waals surface area contributed by atoms with Crippen LogP contribution < -0.4 is 19.5 Å². The maximum atomic E-state index is 13.7. The molecule has 0 aliphatic heterocycles. The Labute approximate surface area is 225 Å². The molecule has 4 aromatic carbocycles. The molecule has 38 heavy (non-hydrogen) atoms. The Hall–Kier alpha value is -4.62. The number of methoxy groups -OCH3 is 3. The third kappa shape index (κ3) is 5.23. The highest BCUT2D eigenvalue weighted by atomic mass is 32.1. The summed E-state index contributed by atoms with van der Waals surface area (Å²) in [4.78, 5) is 18.3. The summed E-state index contributed by atoms with van der Waals surface area (Å²) in [5, 5.41) is 3.52. The molecule has 0 radical (unpaired) electrons. The molecule has 1 heterocycles. The number of carbonyl (C=O) groups is 1. The van der Waals surface area contributed by atoms with Gasteiger partial charge in [-0.1, -0.05) is 78.1 Å². The minimum Gasteiger partial charge on any atom is -0.493 e. The number of hydrogen-bond donors (Lipinski definition) is 1. The van der Waals surface area contributed by atoms with Gasteiger partial charge in [0, 0.05) is 5.57 Å². The van der Waals surface area contributed by atoms with Gasteiger partial charge in [-0.3, -0.25) is 10.1 Å². The summed E-state index contributed by atoms with van der Waals surface area (Å²) in [7, 11) is 4.68. The molecule has 0 unspecified atom stereocenters. The molecule has 0 aliphatic rings.